The zero-order valence-electron chi connectivity index (χ0n) is 9.85. The first-order valence-electron chi connectivity index (χ1n) is 5.53. The SMILES string of the molecule is CCNC(Cc1cn(C)nn1)c1ccc(Cl)s1. The summed E-state index contributed by atoms with van der Waals surface area (Å²) in [5.41, 5.74) is 0.989. The molecule has 2 aromatic rings. The number of halogens is 1. The molecular weight excluding hydrogens is 256 g/mol. The Morgan fingerprint density at radius 1 is 1.53 bits per heavy atom. The molecule has 0 aromatic carbocycles. The maximum absolute atomic E-state index is 5.97. The van der Waals surface area contributed by atoms with Crippen LogP contribution in [0.15, 0.2) is 18.3 Å². The van der Waals surface area contributed by atoms with Crippen molar-refractivity contribution in [3.05, 3.63) is 33.2 Å². The number of hydrogen-bond donors (Lipinski definition) is 1. The molecule has 0 bridgehead atoms. The summed E-state index contributed by atoms with van der Waals surface area (Å²) in [6.07, 6.45) is 2.78. The summed E-state index contributed by atoms with van der Waals surface area (Å²) in [6, 6.07) is 4.26. The molecule has 1 atom stereocenters. The zero-order chi connectivity index (χ0) is 12.3. The molecule has 0 amide bonds. The third-order valence-electron chi connectivity index (χ3n) is 2.45. The molecule has 92 valence electrons. The van der Waals surface area contributed by atoms with Crippen LogP contribution in [0.4, 0.5) is 0 Å². The molecule has 1 unspecified atom stereocenters. The van der Waals surface area contributed by atoms with Crippen molar-refractivity contribution in [3.8, 4) is 0 Å². The molecule has 17 heavy (non-hydrogen) atoms. The van der Waals surface area contributed by atoms with Gasteiger partial charge in [0, 0.05) is 30.6 Å². The second-order valence-electron chi connectivity index (χ2n) is 3.84. The summed E-state index contributed by atoms with van der Waals surface area (Å²) < 4.78 is 2.54. The molecule has 0 aliphatic rings. The smallest absolute Gasteiger partial charge is 0.0931 e. The normalized spacial score (nSPS) is 12.9. The largest absolute Gasteiger partial charge is 0.309 e. The minimum Gasteiger partial charge on any atom is -0.309 e. The Bertz CT molecular complexity index is 479. The minimum atomic E-state index is 0.259. The zero-order valence-corrected chi connectivity index (χ0v) is 11.4. The van der Waals surface area contributed by atoms with Gasteiger partial charge in [-0.3, -0.25) is 4.68 Å². The van der Waals surface area contributed by atoms with Crippen molar-refractivity contribution < 1.29 is 0 Å². The van der Waals surface area contributed by atoms with Crippen molar-refractivity contribution in [1.29, 1.82) is 0 Å². The third kappa shape index (κ3) is 3.28. The van der Waals surface area contributed by atoms with Crippen LogP contribution in [-0.4, -0.2) is 21.5 Å². The number of aromatic nitrogens is 3. The van der Waals surface area contributed by atoms with Crippen LogP contribution in [0.5, 0.6) is 0 Å². The topological polar surface area (TPSA) is 42.7 Å². The van der Waals surface area contributed by atoms with Crippen molar-refractivity contribution in [2.75, 3.05) is 6.54 Å². The fraction of sp³-hybridized carbons (Fsp3) is 0.455. The van der Waals surface area contributed by atoms with Gasteiger partial charge in [-0.05, 0) is 18.7 Å². The quantitative estimate of drug-likeness (QED) is 0.907. The lowest BCUT2D eigenvalue weighted by molar-refractivity contribution is 0.551. The molecule has 6 heteroatoms. The van der Waals surface area contributed by atoms with Gasteiger partial charge >= 0.3 is 0 Å². The standard InChI is InChI=1S/C11H15ClN4S/c1-3-13-9(10-4-5-11(12)17-10)6-8-7-16(2)15-14-8/h4-5,7,9,13H,3,6H2,1-2H3. The van der Waals surface area contributed by atoms with E-state index >= 15 is 0 Å². The van der Waals surface area contributed by atoms with Crippen LogP contribution in [0.25, 0.3) is 0 Å². The van der Waals surface area contributed by atoms with Crippen LogP contribution in [-0.2, 0) is 13.5 Å². The van der Waals surface area contributed by atoms with Crippen LogP contribution in [0.1, 0.15) is 23.5 Å². The third-order valence-corrected chi connectivity index (χ3v) is 3.80. The number of likely N-dealkylation sites (N-methyl/N-ethyl adjacent to an activating group) is 1. The average Bonchev–Trinajstić information content (AvgIpc) is 2.87. The van der Waals surface area contributed by atoms with Gasteiger partial charge < -0.3 is 5.32 Å². The summed E-state index contributed by atoms with van der Waals surface area (Å²) in [5.74, 6) is 0. The molecule has 0 spiro atoms. The fourth-order valence-electron chi connectivity index (χ4n) is 1.73. The summed E-state index contributed by atoms with van der Waals surface area (Å²) in [6.45, 7) is 3.01. The number of nitrogens with one attached hydrogen (secondary N) is 1. The Balaban J connectivity index is 2.12. The second-order valence-corrected chi connectivity index (χ2v) is 5.59. The Labute approximate surface area is 110 Å². The maximum Gasteiger partial charge on any atom is 0.0931 e. The molecule has 1 N–H and O–H groups in total. The van der Waals surface area contributed by atoms with Gasteiger partial charge in [-0.25, -0.2) is 0 Å². The highest BCUT2D eigenvalue weighted by Crippen LogP contribution is 2.28. The van der Waals surface area contributed by atoms with E-state index in [4.69, 9.17) is 11.6 Å². The molecule has 0 aliphatic carbocycles. The van der Waals surface area contributed by atoms with Crippen molar-refractivity contribution in [1.82, 2.24) is 20.3 Å². The van der Waals surface area contributed by atoms with E-state index < -0.39 is 0 Å². The summed E-state index contributed by atoms with van der Waals surface area (Å²) in [7, 11) is 1.88. The van der Waals surface area contributed by atoms with Crippen LogP contribution in [0.2, 0.25) is 4.34 Å². The summed E-state index contributed by atoms with van der Waals surface area (Å²) in [5, 5.41) is 11.5. The van der Waals surface area contributed by atoms with E-state index in [1.807, 2.05) is 19.3 Å². The first kappa shape index (κ1) is 12.5. The van der Waals surface area contributed by atoms with Gasteiger partial charge in [0.2, 0.25) is 0 Å². The number of aryl methyl sites for hydroxylation is 1. The van der Waals surface area contributed by atoms with Gasteiger partial charge in [0.05, 0.1) is 10.0 Å². The van der Waals surface area contributed by atoms with E-state index in [2.05, 4.69) is 28.6 Å². The molecule has 0 saturated heterocycles. The molecular formula is C11H15ClN4S. The molecule has 4 nitrogen and oxygen atoms in total. The molecule has 0 radical (unpaired) electrons. The van der Waals surface area contributed by atoms with Crippen molar-refractivity contribution in [2.24, 2.45) is 7.05 Å². The summed E-state index contributed by atoms with van der Waals surface area (Å²) in [4.78, 5) is 1.24. The molecule has 0 aliphatic heterocycles. The van der Waals surface area contributed by atoms with E-state index in [9.17, 15) is 0 Å². The van der Waals surface area contributed by atoms with Gasteiger partial charge in [-0.1, -0.05) is 23.7 Å². The van der Waals surface area contributed by atoms with Gasteiger partial charge in [0.1, 0.15) is 0 Å². The van der Waals surface area contributed by atoms with E-state index in [-0.39, 0.29) is 6.04 Å². The number of nitrogens with zero attached hydrogens (tertiary/aromatic N) is 3. The van der Waals surface area contributed by atoms with Gasteiger partial charge in [-0.2, -0.15) is 0 Å². The lowest BCUT2D eigenvalue weighted by Crippen LogP contribution is -2.22. The van der Waals surface area contributed by atoms with Gasteiger partial charge in [0.25, 0.3) is 0 Å². The van der Waals surface area contributed by atoms with Crippen LogP contribution in [0.3, 0.4) is 0 Å². The highest BCUT2D eigenvalue weighted by atomic mass is 35.5. The van der Waals surface area contributed by atoms with Gasteiger partial charge in [0.15, 0.2) is 0 Å². The summed E-state index contributed by atoms with van der Waals surface area (Å²) >= 11 is 7.58. The van der Waals surface area contributed by atoms with Crippen LogP contribution < -0.4 is 5.32 Å². The first-order valence-corrected chi connectivity index (χ1v) is 6.72. The van der Waals surface area contributed by atoms with E-state index in [1.54, 1.807) is 16.0 Å². The van der Waals surface area contributed by atoms with E-state index in [1.165, 1.54) is 4.88 Å². The molecule has 0 saturated carbocycles. The number of thiophene rings is 1. The van der Waals surface area contributed by atoms with Crippen molar-refractivity contribution >= 4 is 22.9 Å². The fourth-order valence-corrected chi connectivity index (χ4v) is 2.87. The van der Waals surface area contributed by atoms with Crippen molar-refractivity contribution in [2.45, 2.75) is 19.4 Å². The molecule has 2 heterocycles. The Morgan fingerprint density at radius 2 is 2.35 bits per heavy atom. The Hall–Kier alpha value is -0.910. The number of hydrogen-bond acceptors (Lipinski definition) is 4. The Kier molecular flexibility index (Phi) is 4.15. The second kappa shape index (κ2) is 5.62. The van der Waals surface area contributed by atoms with Gasteiger partial charge in [-0.15, -0.1) is 16.4 Å². The van der Waals surface area contributed by atoms with Crippen molar-refractivity contribution in [3.63, 3.8) is 0 Å². The average molecular weight is 271 g/mol. The highest BCUT2D eigenvalue weighted by Gasteiger charge is 2.15. The highest BCUT2D eigenvalue weighted by molar-refractivity contribution is 7.16. The first-order chi connectivity index (χ1) is 8.19. The lowest BCUT2D eigenvalue weighted by Gasteiger charge is -2.14. The predicted molar refractivity (Wildman–Crippen MR) is 70.5 cm³/mol. The monoisotopic (exact) mass is 270 g/mol. The molecule has 2 aromatic heterocycles. The molecule has 2 rings (SSSR count). The minimum absolute atomic E-state index is 0.259. The Morgan fingerprint density at radius 3 is 2.88 bits per heavy atom. The maximum atomic E-state index is 5.97. The predicted octanol–water partition coefficient (Wildman–Crippen LogP) is 2.42. The van der Waals surface area contributed by atoms with Crippen LogP contribution in [0, 0.1) is 0 Å². The van der Waals surface area contributed by atoms with E-state index in [0.717, 1.165) is 23.0 Å². The lowest BCUT2D eigenvalue weighted by atomic mass is 10.1. The van der Waals surface area contributed by atoms with Crippen LogP contribution >= 0.6 is 22.9 Å². The molecule has 0 fully saturated rings. The number of rotatable bonds is 5. The van der Waals surface area contributed by atoms with E-state index in [0.29, 0.717) is 0 Å².